The molecule has 4 aliphatic rings. The van der Waals surface area contributed by atoms with Gasteiger partial charge in [-0.05, 0) is 143 Å². The molecule has 8 aromatic carbocycles. The van der Waals surface area contributed by atoms with Gasteiger partial charge >= 0.3 is 0 Å². The Bertz CT molecular complexity index is 3190. The van der Waals surface area contributed by atoms with E-state index >= 15 is 0 Å². The van der Waals surface area contributed by atoms with E-state index in [2.05, 4.69) is 224 Å². The van der Waals surface area contributed by atoms with Crippen LogP contribution >= 0.6 is 0 Å². The van der Waals surface area contributed by atoms with E-state index in [4.69, 9.17) is 0 Å². The van der Waals surface area contributed by atoms with Gasteiger partial charge in [-0.25, -0.2) is 0 Å². The van der Waals surface area contributed by atoms with Crippen molar-refractivity contribution in [2.24, 2.45) is 0 Å². The number of benzene rings is 8. The van der Waals surface area contributed by atoms with Gasteiger partial charge in [0, 0.05) is 38.6 Å². The van der Waals surface area contributed by atoms with Crippen molar-refractivity contribution in [1.82, 2.24) is 0 Å². The summed E-state index contributed by atoms with van der Waals surface area (Å²) in [4.78, 5) is 2.54. The Morgan fingerprint density at radius 3 is 1.30 bits per heavy atom. The van der Waals surface area contributed by atoms with Crippen molar-refractivity contribution in [3.63, 3.8) is 0 Å². The molecule has 0 saturated carbocycles. The van der Waals surface area contributed by atoms with Crippen LogP contribution in [0.25, 0.3) is 55.6 Å². The first-order valence-electron chi connectivity index (χ1n) is 22.1. The molecule has 0 fully saturated rings. The molecule has 0 spiro atoms. The normalized spacial score (nSPS) is 16.7. The third-order valence-electron chi connectivity index (χ3n) is 15.5. The van der Waals surface area contributed by atoms with E-state index < -0.39 is 0 Å². The van der Waals surface area contributed by atoms with Crippen LogP contribution in [0, 0.1) is 0 Å². The highest BCUT2D eigenvalue weighted by Crippen LogP contribution is 2.59. The molecule has 0 aliphatic heterocycles. The molecule has 0 amide bonds. The van der Waals surface area contributed by atoms with Gasteiger partial charge in [0.1, 0.15) is 0 Å². The van der Waals surface area contributed by atoms with E-state index in [0.29, 0.717) is 0 Å². The van der Waals surface area contributed by atoms with E-state index in [1.807, 2.05) is 0 Å². The van der Waals surface area contributed by atoms with Crippen molar-refractivity contribution in [3.05, 3.63) is 208 Å². The number of anilines is 3. The molecule has 296 valence electrons. The zero-order valence-corrected chi connectivity index (χ0v) is 36.5. The van der Waals surface area contributed by atoms with E-state index in [9.17, 15) is 0 Å². The minimum Gasteiger partial charge on any atom is -0.310 e. The second-order valence-electron chi connectivity index (χ2n) is 20.2. The van der Waals surface area contributed by atoms with Gasteiger partial charge < -0.3 is 4.90 Å². The van der Waals surface area contributed by atoms with Crippen LogP contribution in [0.1, 0.15) is 99.9 Å². The molecule has 8 aromatic rings. The summed E-state index contributed by atoms with van der Waals surface area (Å²) < 4.78 is 0. The molecule has 1 nitrogen and oxygen atoms in total. The lowest BCUT2D eigenvalue weighted by Crippen LogP contribution is -2.17. The van der Waals surface area contributed by atoms with Gasteiger partial charge in [0.2, 0.25) is 0 Å². The number of hydrogen-bond acceptors (Lipinski definition) is 1. The minimum atomic E-state index is -0.171. The Balaban J connectivity index is 1.04. The monoisotopic (exact) mass is 785 g/mol. The summed E-state index contributed by atoms with van der Waals surface area (Å²) in [5, 5.41) is 0. The molecule has 0 unspecified atom stereocenters. The van der Waals surface area contributed by atoms with Crippen LogP contribution in [0.15, 0.2) is 164 Å². The highest BCUT2D eigenvalue weighted by atomic mass is 15.1. The van der Waals surface area contributed by atoms with Crippen molar-refractivity contribution in [3.8, 4) is 55.6 Å². The van der Waals surface area contributed by atoms with E-state index in [1.165, 1.54) is 112 Å². The summed E-state index contributed by atoms with van der Waals surface area (Å²) in [6.07, 6.45) is 0. The highest BCUT2D eigenvalue weighted by molar-refractivity contribution is 5.98. The van der Waals surface area contributed by atoms with Crippen LogP contribution in [-0.2, 0) is 21.7 Å². The van der Waals surface area contributed by atoms with Crippen molar-refractivity contribution < 1.29 is 0 Å². The van der Waals surface area contributed by atoms with E-state index in [0.717, 1.165) is 5.69 Å². The maximum atomic E-state index is 2.55. The van der Waals surface area contributed by atoms with Gasteiger partial charge in [-0.1, -0.05) is 171 Å². The van der Waals surface area contributed by atoms with Crippen molar-refractivity contribution in [1.29, 1.82) is 0 Å². The maximum Gasteiger partial charge on any atom is 0.0543 e. The second kappa shape index (κ2) is 12.1. The Hall–Kier alpha value is -6.44. The lowest BCUT2D eigenvalue weighted by atomic mass is 9.79. The predicted octanol–water partition coefficient (Wildman–Crippen LogP) is 16.0. The molecular formula is C60H51N. The van der Waals surface area contributed by atoms with Gasteiger partial charge in [-0.15, -0.1) is 0 Å². The first kappa shape index (κ1) is 36.4. The topological polar surface area (TPSA) is 3.24 Å². The number of nitrogens with zero attached hydrogens (tertiary/aromatic N) is 1. The third kappa shape index (κ3) is 4.78. The SMILES string of the molecule is CC1(C)c2ccccc2-c2ccc(-c3ccc(N(c4ccc5c(c4)C(C)(C)c4ccccc4-5)c4cccc5c4-c4cc6c(cc4C5(C)C)-c4ccccc4C6(C)C)cc3)cc21. The predicted molar refractivity (Wildman–Crippen MR) is 257 cm³/mol. The smallest absolute Gasteiger partial charge is 0.0543 e. The summed E-state index contributed by atoms with van der Waals surface area (Å²) >= 11 is 0. The summed E-state index contributed by atoms with van der Waals surface area (Å²) in [7, 11) is 0. The molecular weight excluding hydrogens is 735 g/mol. The van der Waals surface area contributed by atoms with Crippen LogP contribution in [-0.4, -0.2) is 0 Å². The van der Waals surface area contributed by atoms with E-state index in [1.54, 1.807) is 0 Å². The molecule has 0 N–H and O–H groups in total. The standard InChI is InChI=1S/C60H51N/c1-57(2)47-19-12-9-16-40(47)43-30-26-37(32-51(43)57)36-24-27-38(28-25-36)61(39-29-31-44-41-17-10-13-20-48(41)58(3,4)52(44)33-39)55-23-15-22-50-56(55)46-35-53-45(34-54(46)60(50,7)8)42-18-11-14-21-49(42)59(53,5)6/h9-35H,1-8H3. The first-order chi connectivity index (χ1) is 29.3. The largest absolute Gasteiger partial charge is 0.310 e. The lowest BCUT2D eigenvalue weighted by molar-refractivity contribution is 0.652. The summed E-state index contributed by atoms with van der Waals surface area (Å²) in [6, 6.07) is 62.7. The summed E-state index contributed by atoms with van der Waals surface area (Å²) in [6.45, 7) is 19.1. The minimum absolute atomic E-state index is 0.0461. The van der Waals surface area contributed by atoms with Crippen LogP contribution in [0.4, 0.5) is 17.1 Å². The van der Waals surface area contributed by atoms with Gasteiger partial charge in [-0.3, -0.25) is 0 Å². The van der Waals surface area contributed by atoms with Crippen molar-refractivity contribution in [2.75, 3.05) is 4.90 Å². The number of hydrogen-bond donors (Lipinski definition) is 0. The van der Waals surface area contributed by atoms with Crippen molar-refractivity contribution >= 4 is 17.1 Å². The van der Waals surface area contributed by atoms with Crippen LogP contribution in [0.5, 0.6) is 0 Å². The molecule has 0 saturated heterocycles. The molecule has 0 aromatic heterocycles. The molecule has 0 radical (unpaired) electrons. The first-order valence-corrected chi connectivity index (χ1v) is 22.1. The van der Waals surface area contributed by atoms with Gasteiger partial charge in [0.25, 0.3) is 0 Å². The van der Waals surface area contributed by atoms with Gasteiger partial charge in [-0.2, -0.15) is 0 Å². The maximum absolute atomic E-state index is 2.55. The van der Waals surface area contributed by atoms with Crippen LogP contribution in [0.2, 0.25) is 0 Å². The molecule has 1 heteroatoms. The molecule has 0 atom stereocenters. The number of rotatable bonds is 4. The molecule has 61 heavy (non-hydrogen) atoms. The zero-order chi connectivity index (χ0) is 41.8. The second-order valence-corrected chi connectivity index (χ2v) is 20.2. The average molecular weight is 786 g/mol. The fraction of sp³-hybridized carbons (Fsp3) is 0.200. The molecule has 12 rings (SSSR count). The summed E-state index contributed by atoms with van der Waals surface area (Å²) in [5.74, 6) is 0. The Morgan fingerprint density at radius 1 is 0.279 bits per heavy atom. The van der Waals surface area contributed by atoms with Gasteiger partial charge in [0.15, 0.2) is 0 Å². The Labute approximate surface area is 361 Å². The Kier molecular flexibility index (Phi) is 7.23. The van der Waals surface area contributed by atoms with Crippen LogP contribution < -0.4 is 4.90 Å². The molecule has 0 heterocycles. The quantitative estimate of drug-likeness (QED) is 0.172. The number of fused-ring (bicyclic) bond motifs is 12. The molecule has 4 aliphatic carbocycles. The van der Waals surface area contributed by atoms with Gasteiger partial charge in [0.05, 0.1) is 5.69 Å². The highest BCUT2D eigenvalue weighted by Gasteiger charge is 2.43. The lowest BCUT2D eigenvalue weighted by Gasteiger charge is -2.30. The fourth-order valence-electron chi connectivity index (χ4n) is 12.1. The average Bonchev–Trinajstić information content (AvgIpc) is 3.84. The summed E-state index contributed by atoms with van der Waals surface area (Å²) in [5.41, 5.74) is 27.7. The van der Waals surface area contributed by atoms with E-state index in [-0.39, 0.29) is 21.7 Å². The zero-order valence-electron chi connectivity index (χ0n) is 36.5. The molecule has 0 bridgehead atoms. The Morgan fingerprint density at radius 2 is 0.689 bits per heavy atom. The third-order valence-corrected chi connectivity index (χ3v) is 15.5. The van der Waals surface area contributed by atoms with Crippen LogP contribution in [0.3, 0.4) is 0 Å². The fourth-order valence-corrected chi connectivity index (χ4v) is 12.1. The van der Waals surface area contributed by atoms with Crippen molar-refractivity contribution in [2.45, 2.75) is 77.0 Å².